The normalized spacial score (nSPS) is 26.2. The molecule has 2 saturated heterocycles. The van der Waals surface area contributed by atoms with Crippen LogP contribution in [-0.2, 0) is 10.2 Å². The van der Waals surface area contributed by atoms with Crippen LogP contribution in [0.15, 0.2) is 0 Å². The van der Waals surface area contributed by atoms with Crippen molar-refractivity contribution < 1.29 is 8.42 Å². The van der Waals surface area contributed by atoms with Crippen LogP contribution in [0.4, 0.5) is 0 Å². The van der Waals surface area contributed by atoms with Gasteiger partial charge in [0.05, 0.1) is 0 Å². The summed E-state index contributed by atoms with van der Waals surface area (Å²) in [7, 11) is -3.22. The molecule has 5 nitrogen and oxygen atoms in total. The first-order chi connectivity index (χ1) is 8.71. The summed E-state index contributed by atoms with van der Waals surface area (Å²) in [5.74, 6) is 0. The Bertz CT molecular complexity index is 329. The highest BCUT2D eigenvalue weighted by atomic mass is 32.2. The van der Waals surface area contributed by atoms with Crippen molar-refractivity contribution in [3.05, 3.63) is 0 Å². The smallest absolute Gasteiger partial charge is 0.282 e. The Kier molecular flexibility index (Phi) is 5.41. The van der Waals surface area contributed by atoms with Gasteiger partial charge in [0.25, 0.3) is 10.2 Å². The molecule has 106 valence electrons. The Morgan fingerprint density at radius 1 is 0.667 bits per heavy atom. The zero-order valence-corrected chi connectivity index (χ0v) is 11.9. The van der Waals surface area contributed by atoms with Gasteiger partial charge < -0.3 is 5.32 Å². The molecule has 2 heterocycles. The fourth-order valence-corrected chi connectivity index (χ4v) is 4.39. The minimum Gasteiger partial charge on any atom is -0.315 e. The highest BCUT2D eigenvalue weighted by Gasteiger charge is 2.29. The molecule has 0 atom stereocenters. The number of nitrogens with zero attached hydrogens (tertiary/aromatic N) is 2. The number of hydrogen-bond donors (Lipinski definition) is 1. The van der Waals surface area contributed by atoms with Crippen LogP contribution in [0.1, 0.15) is 38.5 Å². The van der Waals surface area contributed by atoms with E-state index in [9.17, 15) is 8.42 Å². The summed E-state index contributed by atoms with van der Waals surface area (Å²) in [4.78, 5) is 0. The van der Waals surface area contributed by atoms with Crippen molar-refractivity contribution in [1.82, 2.24) is 13.9 Å². The predicted octanol–water partition coefficient (Wildman–Crippen LogP) is 0.793. The van der Waals surface area contributed by atoms with E-state index in [1.807, 2.05) is 0 Å². The van der Waals surface area contributed by atoms with Crippen LogP contribution in [-0.4, -0.2) is 56.3 Å². The molecule has 0 aromatic heterocycles. The van der Waals surface area contributed by atoms with Crippen LogP contribution >= 0.6 is 0 Å². The Labute approximate surface area is 111 Å². The maximum atomic E-state index is 12.6. The molecule has 0 unspecified atom stereocenters. The molecule has 0 aromatic rings. The maximum absolute atomic E-state index is 12.6. The Hall–Kier alpha value is -0.170. The lowest BCUT2D eigenvalue weighted by atomic mass is 10.1. The van der Waals surface area contributed by atoms with Crippen molar-refractivity contribution in [2.45, 2.75) is 38.5 Å². The Morgan fingerprint density at radius 2 is 1.22 bits per heavy atom. The molecule has 0 saturated carbocycles. The van der Waals surface area contributed by atoms with Crippen LogP contribution in [0.5, 0.6) is 0 Å². The highest BCUT2D eigenvalue weighted by Crippen LogP contribution is 2.16. The molecule has 1 N–H and O–H groups in total. The molecule has 2 fully saturated rings. The van der Waals surface area contributed by atoms with Crippen LogP contribution in [0.3, 0.4) is 0 Å². The van der Waals surface area contributed by atoms with Gasteiger partial charge in [0.15, 0.2) is 0 Å². The summed E-state index contributed by atoms with van der Waals surface area (Å²) in [6.07, 6.45) is 6.49. The molecule has 18 heavy (non-hydrogen) atoms. The fraction of sp³-hybridized carbons (Fsp3) is 1.00. The van der Waals surface area contributed by atoms with E-state index in [1.54, 1.807) is 8.61 Å². The lowest BCUT2D eigenvalue weighted by Crippen LogP contribution is -2.46. The van der Waals surface area contributed by atoms with E-state index in [0.29, 0.717) is 26.2 Å². The molecular weight excluding hydrogens is 250 g/mol. The van der Waals surface area contributed by atoms with E-state index in [2.05, 4.69) is 5.32 Å². The first-order valence-electron chi connectivity index (χ1n) is 7.17. The maximum Gasteiger partial charge on any atom is 0.282 e. The SMILES string of the molecule is O=S(=O)(N1CCCCCCC1)N1CCCNCC1. The monoisotopic (exact) mass is 275 g/mol. The van der Waals surface area contributed by atoms with Gasteiger partial charge in [-0.3, -0.25) is 0 Å². The van der Waals surface area contributed by atoms with E-state index in [1.165, 1.54) is 6.42 Å². The van der Waals surface area contributed by atoms with Crippen LogP contribution in [0, 0.1) is 0 Å². The average molecular weight is 275 g/mol. The molecule has 2 aliphatic heterocycles. The van der Waals surface area contributed by atoms with E-state index in [0.717, 1.165) is 45.2 Å². The molecule has 0 aromatic carbocycles. The van der Waals surface area contributed by atoms with Crippen LogP contribution < -0.4 is 5.32 Å². The second kappa shape index (κ2) is 6.84. The quantitative estimate of drug-likeness (QED) is 0.811. The van der Waals surface area contributed by atoms with Crippen LogP contribution in [0.25, 0.3) is 0 Å². The van der Waals surface area contributed by atoms with E-state index >= 15 is 0 Å². The molecule has 0 radical (unpaired) electrons. The van der Waals surface area contributed by atoms with E-state index in [4.69, 9.17) is 0 Å². The van der Waals surface area contributed by atoms with Gasteiger partial charge in [-0.2, -0.15) is 17.0 Å². The molecule has 2 aliphatic rings. The van der Waals surface area contributed by atoms with Gasteiger partial charge in [-0.1, -0.05) is 19.3 Å². The highest BCUT2D eigenvalue weighted by molar-refractivity contribution is 7.86. The largest absolute Gasteiger partial charge is 0.315 e. The molecule has 0 spiro atoms. The third kappa shape index (κ3) is 3.66. The summed E-state index contributed by atoms with van der Waals surface area (Å²) < 4.78 is 28.5. The molecule has 0 aliphatic carbocycles. The van der Waals surface area contributed by atoms with E-state index in [-0.39, 0.29) is 0 Å². The number of rotatable bonds is 2. The van der Waals surface area contributed by atoms with Gasteiger partial charge in [0.1, 0.15) is 0 Å². The number of hydrogen-bond acceptors (Lipinski definition) is 3. The molecular formula is C12H25N3O2S. The predicted molar refractivity (Wildman–Crippen MR) is 72.6 cm³/mol. The Balaban J connectivity index is 2.02. The van der Waals surface area contributed by atoms with Gasteiger partial charge in [-0.15, -0.1) is 0 Å². The van der Waals surface area contributed by atoms with Crippen LogP contribution in [0.2, 0.25) is 0 Å². The van der Waals surface area contributed by atoms with Gasteiger partial charge >= 0.3 is 0 Å². The summed E-state index contributed by atoms with van der Waals surface area (Å²) >= 11 is 0. The Morgan fingerprint density at radius 3 is 1.94 bits per heavy atom. The summed E-state index contributed by atoms with van der Waals surface area (Å²) in [5.41, 5.74) is 0. The second-order valence-electron chi connectivity index (χ2n) is 5.18. The van der Waals surface area contributed by atoms with Crippen molar-refractivity contribution >= 4 is 10.2 Å². The average Bonchev–Trinajstić information content (AvgIpc) is 2.56. The zero-order chi connectivity index (χ0) is 12.8. The van der Waals surface area contributed by atoms with Crippen molar-refractivity contribution in [2.24, 2.45) is 0 Å². The minimum atomic E-state index is -3.22. The topological polar surface area (TPSA) is 52.7 Å². The molecule has 6 heteroatoms. The lowest BCUT2D eigenvalue weighted by molar-refractivity contribution is 0.320. The third-order valence-electron chi connectivity index (χ3n) is 3.77. The zero-order valence-electron chi connectivity index (χ0n) is 11.1. The fourth-order valence-electron chi connectivity index (χ4n) is 2.66. The van der Waals surface area contributed by atoms with Crippen molar-refractivity contribution in [3.8, 4) is 0 Å². The summed E-state index contributed by atoms with van der Waals surface area (Å²) in [6.45, 7) is 4.36. The van der Waals surface area contributed by atoms with Crippen molar-refractivity contribution in [1.29, 1.82) is 0 Å². The van der Waals surface area contributed by atoms with Gasteiger partial charge in [-0.25, -0.2) is 0 Å². The van der Waals surface area contributed by atoms with E-state index < -0.39 is 10.2 Å². The summed E-state index contributed by atoms with van der Waals surface area (Å²) in [6, 6.07) is 0. The van der Waals surface area contributed by atoms with Gasteiger partial charge in [0.2, 0.25) is 0 Å². The van der Waals surface area contributed by atoms with Crippen molar-refractivity contribution in [3.63, 3.8) is 0 Å². The van der Waals surface area contributed by atoms with Gasteiger partial charge in [0, 0.05) is 32.7 Å². The number of nitrogens with one attached hydrogen (secondary N) is 1. The lowest BCUT2D eigenvalue weighted by Gasteiger charge is -2.30. The molecule has 2 rings (SSSR count). The second-order valence-corrected chi connectivity index (χ2v) is 7.11. The summed E-state index contributed by atoms with van der Waals surface area (Å²) in [5, 5.41) is 3.25. The van der Waals surface area contributed by atoms with Crippen molar-refractivity contribution in [2.75, 3.05) is 39.3 Å². The van der Waals surface area contributed by atoms with Gasteiger partial charge in [-0.05, 0) is 25.8 Å². The standard InChI is InChI=1S/C12H25N3O2S/c16-18(17,15-11-6-7-13-8-12-15)14-9-4-2-1-3-5-10-14/h13H,1-12H2. The molecule has 0 bridgehead atoms. The molecule has 0 amide bonds. The minimum absolute atomic E-state index is 0.610. The first-order valence-corrected chi connectivity index (χ1v) is 8.57. The third-order valence-corrected chi connectivity index (χ3v) is 5.80. The first kappa shape index (κ1) is 14.2.